The Morgan fingerprint density at radius 3 is 1.71 bits per heavy atom. The van der Waals surface area contributed by atoms with Crippen molar-refractivity contribution in [1.29, 1.82) is 0 Å². The summed E-state index contributed by atoms with van der Waals surface area (Å²) in [6.07, 6.45) is 0. The van der Waals surface area contributed by atoms with Crippen molar-refractivity contribution in [3.63, 3.8) is 0 Å². The normalized spacial score (nSPS) is 12.5. The van der Waals surface area contributed by atoms with Gasteiger partial charge in [0.1, 0.15) is 0 Å². The van der Waals surface area contributed by atoms with Crippen molar-refractivity contribution >= 4 is 69.9 Å². The summed E-state index contributed by atoms with van der Waals surface area (Å²) in [7, 11) is 0. The van der Waals surface area contributed by atoms with Gasteiger partial charge in [-0.2, -0.15) is 17.6 Å². The van der Waals surface area contributed by atoms with E-state index in [2.05, 4.69) is 0 Å². The predicted octanol–water partition coefficient (Wildman–Crippen LogP) is 8.37. The maximum Gasteiger partial charge on any atom is 0.370 e. The number of halogens is 8. The van der Waals surface area contributed by atoms with E-state index in [1.165, 1.54) is 24.3 Å². The Kier molecular flexibility index (Phi) is 6.54. The molecule has 0 fully saturated rings. The molecule has 0 N–H and O–H groups in total. The van der Waals surface area contributed by atoms with E-state index in [0.29, 0.717) is 0 Å². The van der Waals surface area contributed by atoms with Crippen LogP contribution in [-0.2, 0) is 0 Å². The second-order valence-corrected chi connectivity index (χ2v) is 8.39. The summed E-state index contributed by atoms with van der Waals surface area (Å²) in [6, 6.07) is 7.34. The molecule has 0 atom stereocenters. The fourth-order valence-corrected chi connectivity index (χ4v) is 4.19. The molecule has 130 valence electrons. The molecule has 24 heavy (non-hydrogen) atoms. The van der Waals surface area contributed by atoms with Crippen molar-refractivity contribution in [2.45, 2.75) is 20.3 Å². The van der Waals surface area contributed by atoms with Crippen LogP contribution in [0.25, 0.3) is 0 Å². The molecule has 0 bridgehead atoms. The topological polar surface area (TPSA) is 0 Å². The third-order valence-electron chi connectivity index (χ3n) is 2.60. The Bertz CT molecular complexity index is 756. The first-order valence-electron chi connectivity index (χ1n) is 6.05. The minimum absolute atomic E-state index is 0.102. The van der Waals surface area contributed by atoms with Gasteiger partial charge in [0.25, 0.3) is 0 Å². The Morgan fingerprint density at radius 2 is 1.12 bits per heavy atom. The maximum atomic E-state index is 14.1. The smallest absolute Gasteiger partial charge is 0.186 e. The van der Waals surface area contributed by atoms with Crippen molar-refractivity contribution < 1.29 is 17.6 Å². The highest BCUT2D eigenvalue weighted by Crippen LogP contribution is 2.56. The summed E-state index contributed by atoms with van der Waals surface area (Å²) in [5, 5.41) is -8.85. The summed E-state index contributed by atoms with van der Waals surface area (Å²) in [5.74, 6) is 0. The zero-order valence-corrected chi connectivity index (χ0v) is 16.0. The molecule has 0 aliphatic rings. The summed E-state index contributed by atoms with van der Waals surface area (Å²) < 4.78 is 56.5. The lowest BCUT2D eigenvalue weighted by Crippen LogP contribution is -2.34. The highest BCUT2D eigenvalue weighted by molar-refractivity contribution is 8.04. The lowest BCUT2D eigenvalue weighted by atomic mass is 10.4. The molecule has 0 spiro atoms. The largest absolute Gasteiger partial charge is 0.370 e. The van der Waals surface area contributed by atoms with E-state index in [1.54, 1.807) is 0 Å². The third kappa shape index (κ3) is 4.80. The Morgan fingerprint density at radius 1 is 0.625 bits per heavy atom. The van der Waals surface area contributed by atoms with Gasteiger partial charge in [-0.15, -0.1) is 0 Å². The molecule has 0 nitrogen and oxygen atoms in total. The van der Waals surface area contributed by atoms with Gasteiger partial charge in [-0.05, 0) is 59.9 Å². The Balaban J connectivity index is 2.26. The van der Waals surface area contributed by atoms with Crippen LogP contribution in [-0.4, -0.2) is 10.5 Å². The molecule has 10 heteroatoms. The van der Waals surface area contributed by atoms with Gasteiger partial charge < -0.3 is 0 Å². The summed E-state index contributed by atoms with van der Waals surface area (Å²) in [6.45, 7) is 0. The molecule has 0 aliphatic heterocycles. The van der Waals surface area contributed by atoms with Crippen molar-refractivity contribution in [2.24, 2.45) is 0 Å². The van der Waals surface area contributed by atoms with E-state index >= 15 is 0 Å². The SMILES string of the molecule is FC(F)(Sc1ccc(Cl)cc1Cl)C(F)(F)Sc1cc(Cl)ccc1Cl. The lowest BCUT2D eigenvalue weighted by molar-refractivity contribution is -0.0834. The molecule has 0 aromatic heterocycles. The molecule has 2 aromatic rings. The quantitative estimate of drug-likeness (QED) is 0.328. The van der Waals surface area contributed by atoms with Crippen LogP contribution in [0, 0.1) is 0 Å². The summed E-state index contributed by atoms with van der Waals surface area (Å²) in [4.78, 5) is -0.472. The highest BCUT2D eigenvalue weighted by Gasteiger charge is 2.58. The summed E-state index contributed by atoms with van der Waals surface area (Å²) in [5.41, 5.74) is 0. The minimum Gasteiger partial charge on any atom is -0.186 e. The van der Waals surface area contributed by atoms with Gasteiger partial charge in [0.05, 0.1) is 10.0 Å². The Labute approximate surface area is 163 Å². The molecule has 0 saturated carbocycles. The van der Waals surface area contributed by atoms with Crippen LogP contribution in [0.3, 0.4) is 0 Å². The number of thioether (sulfide) groups is 2. The molecule has 2 rings (SSSR count). The molecule has 0 aliphatic carbocycles. The van der Waals surface area contributed by atoms with E-state index in [9.17, 15) is 17.6 Å². The van der Waals surface area contributed by atoms with Crippen LogP contribution in [0.15, 0.2) is 46.2 Å². The van der Waals surface area contributed by atoms with Gasteiger partial charge in [0.15, 0.2) is 0 Å². The Hall–Kier alpha value is 0.0200. The molecule has 0 radical (unpaired) electrons. The first kappa shape index (κ1) is 20.3. The van der Waals surface area contributed by atoms with Gasteiger partial charge in [-0.25, -0.2) is 0 Å². The van der Waals surface area contributed by atoms with Crippen molar-refractivity contribution in [3.8, 4) is 0 Å². The van der Waals surface area contributed by atoms with Gasteiger partial charge in [-0.3, -0.25) is 0 Å². The molecule has 2 aromatic carbocycles. The van der Waals surface area contributed by atoms with Gasteiger partial charge >= 0.3 is 10.5 Å². The average Bonchev–Trinajstić information content (AvgIpc) is 2.45. The van der Waals surface area contributed by atoms with E-state index in [-0.39, 0.29) is 53.4 Å². The monoisotopic (exact) mass is 454 g/mol. The summed E-state index contributed by atoms with van der Waals surface area (Å²) >= 11 is 22.1. The predicted molar refractivity (Wildman–Crippen MR) is 94.5 cm³/mol. The second-order valence-electron chi connectivity index (χ2n) is 4.39. The van der Waals surface area contributed by atoms with Crippen LogP contribution >= 0.6 is 69.9 Å². The molecule has 0 saturated heterocycles. The lowest BCUT2D eigenvalue weighted by Gasteiger charge is -2.25. The average molecular weight is 456 g/mol. The zero-order chi connectivity index (χ0) is 18.1. The maximum absolute atomic E-state index is 14.1. The second kappa shape index (κ2) is 7.72. The fourth-order valence-electron chi connectivity index (χ4n) is 1.51. The first-order chi connectivity index (χ1) is 11.0. The van der Waals surface area contributed by atoms with Gasteiger partial charge in [-0.1, -0.05) is 46.4 Å². The van der Waals surface area contributed by atoms with Crippen molar-refractivity contribution in [2.75, 3.05) is 0 Å². The number of benzene rings is 2. The van der Waals surface area contributed by atoms with Crippen LogP contribution in [0.4, 0.5) is 17.6 Å². The molecule has 0 heterocycles. The number of alkyl halides is 4. The van der Waals surface area contributed by atoms with Crippen LogP contribution in [0.1, 0.15) is 0 Å². The number of hydrogen-bond donors (Lipinski definition) is 0. The molecular formula is C14H6Cl4F4S2. The van der Waals surface area contributed by atoms with E-state index < -0.39 is 10.5 Å². The third-order valence-corrected chi connectivity index (χ3v) is 6.23. The van der Waals surface area contributed by atoms with E-state index in [4.69, 9.17) is 46.4 Å². The van der Waals surface area contributed by atoms with Crippen molar-refractivity contribution in [1.82, 2.24) is 0 Å². The van der Waals surface area contributed by atoms with Gasteiger partial charge in [0, 0.05) is 19.8 Å². The van der Waals surface area contributed by atoms with E-state index in [1.807, 2.05) is 0 Å². The van der Waals surface area contributed by atoms with Crippen LogP contribution in [0.5, 0.6) is 0 Å². The van der Waals surface area contributed by atoms with Crippen molar-refractivity contribution in [3.05, 3.63) is 56.5 Å². The molecular weight excluding hydrogens is 450 g/mol. The zero-order valence-electron chi connectivity index (χ0n) is 11.3. The van der Waals surface area contributed by atoms with Crippen LogP contribution < -0.4 is 0 Å². The molecule has 0 amide bonds. The highest BCUT2D eigenvalue weighted by atomic mass is 35.5. The first-order valence-corrected chi connectivity index (χ1v) is 9.20. The standard InChI is InChI=1S/C14H6Cl4F4S2/c15-7-2-4-11(10(18)5-7)23-13(19,20)14(21,22)24-12-6-8(16)1-3-9(12)17/h1-6H. The minimum atomic E-state index is -4.46. The number of hydrogen-bond acceptors (Lipinski definition) is 2. The van der Waals surface area contributed by atoms with E-state index in [0.717, 1.165) is 12.1 Å². The molecule has 0 unspecified atom stereocenters. The van der Waals surface area contributed by atoms with Crippen LogP contribution in [0.2, 0.25) is 20.1 Å². The fraction of sp³-hybridized carbons (Fsp3) is 0.143. The number of rotatable bonds is 5. The van der Waals surface area contributed by atoms with Gasteiger partial charge in [0.2, 0.25) is 0 Å².